The average Bonchev–Trinajstić information content (AvgIpc) is 2.53. The zero-order valence-corrected chi connectivity index (χ0v) is 11.8. The summed E-state index contributed by atoms with van der Waals surface area (Å²) in [6, 6.07) is 5.48. The molecule has 120 valence electrons. The molecule has 1 unspecified atom stereocenters. The number of anilines is 1. The lowest BCUT2D eigenvalue weighted by molar-refractivity contribution is 0.0694. The molecule has 22 heavy (non-hydrogen) atoms. The fraction of sp³-hybridized carbons (Fsp3) is 0.500. The number of carbonyl (C=O) groups is 2. The fourth-order valence-electron chi connectivity index (χ4n) is 3.15. The molecule has 0 radical (unpaired) electrons. The lowest BCUT2D eigenvalue weighted by Crippen LogP contribution is -2.61. The highest BCUT2D eigenvalue weighted by molar-refractivity contribution is 5.98. The molecule has 1 aromatic rings. The lowest BCUT2D eigenvalue weighted by atomic mass is 10.0. The van der Waals surface area contributed by atoms with Crippen molar-refractivity contribution in [3.05, 3.63) is 29.3 Å². The second kappa shape index (κ2) is 6.89. The van der Waals surface area contributed by atoms with Crippen LogP contribution in [0.4, 0.5) is 5.69 Å². The topological polar surface area (TPSA) is 72.9 Å². The highest BCUT2D eigenvalue weighted by atomic mass is 16.4. The smallest absolute Gasteiger partial charge is 0.336 e. The Morgan fingerprint density at radius 1 is 1.32 bits per heavy atom. The number of carboxylic acids is 1. The summed E-state index contributed by atoms with van der Waals surface area (Å²) in [5, 5.41) is 12.5. The van der Waals surface area contributed by atoms with Crippen LogP contribution in [-0.2, 0) is 0 Å². The Morgan fingerprint density at radius 3 is 2.86 bits per heavy atom. The molecule has 0 amide bonds. The molecule has 2 aliphatic rings. The van der Waals surface area contributed by atoms with Crippen LogP contribution in [0.1, 0.15) is 28.1 Å². The van der Waals surface area contributed by atoms with Gasteiger partial charge in [-0.3, -0.25) is 9.69 Å². The number of hydrogen-bond acceptors (Lipinski definition) is 5. The quantitative estimate of drug-likeness (QED) is 0.809. The zero-order valence-electron chi connectivity index (χ0n) is 11.8. The summed E-state index contributed by atoms with van der Waals surface area (Å²) in [6.07, 6.45) is 0.616. The van der Waals surface area contributed by atoms with E-state index in [9.17, 15) is 9.59 Å². The number of rotatable bonds is 3. The summed E-state index contributed by atoms with van der Waals surface area (Å²) in [5.74, 6) is -1.06. The Balaban J connectivity index is 0.00000176. The van der Waals surface area contributed by atoms with Crippen molar-refractivity contribution in [2.75, 3.05) is 44.2 Å². The van der Waals surface area contributed by atoms with Gasteiger partial charge in [-0.2, -0.15) is 0 Å². The van der Waals surface area contributed by atoms with Crippen LogP contribution < -0.4 is 10.2 Å². The third-order valence-electron chi connectivity index (χ3n) is 4.32. The molecule has 0 bridgehead atoms. The minimum Gasteiger partial charge on any atom is -0.478 e. The summed E-state index contributed by atoms with van der Waals surface area (Å²) in [7, 11) is 0. The maximum Gasteiger partial charge on any atom is 0.336 e. The van der Waals surface area contributed by atoms with Gasteiger partial charge in [0, 0.05) is 56.6 Å². The second-order valence-corrected chi connectivity index (χ2v) is 5.53. The van der Waals surface area contributed by atoms with Crippen LogP contribution in [0.2, 0.25) is 0 Å². The van der Waals surface area contributed by atoms with Crippen LogP contribution in [0, 0.1) is 0 Å². The summed E-state index contributed by atoms with van der Waals surface area (Å²) in [5.41, 5.74) is 1.23. The fourth-order valence-corrected chi connectivity index (χ4v) is 3.15. The molecule has 2 fully saturated rings. The normalized spacial score (nSPS) is 21.6. The number of benzene rings is 1. The molecule has 3 rings (SSSR count). The lowest BCUT2D eigenvalue weighted by Gasteiger charge is -2.45. The molecule has 6 heteroatoms. The monoisotopic (exact) mass is 305 g/mol. The molecule has 0 saturated carbocycles. The molecule has 2 N–H and O–H groups in total. The van der Waals surface area contributed by atoms with Crippen molar-refractivity contribution in [3.63, 3.8) is 0 Å². The first kappa shape index (κ1) is 16.5. The van der Waals surface area contributed by atoms with Gasteiger partial charge in [-0.25, -0.2) is 4.79 Å². The van der Waals surface area contributed by atoms with Crippen molar-refractivity contribution in [1.29, 1.82) is 0 Å². The van der Waals surface area contributed by atoms with E-state index in [1.54, 1.807) is 12.1 Å². The van der Waals surface area contributed by atoms with Crippen molar-refractivity contribution >= 4 is 17.9 Å². The van der Waals surface area contributed by atoms with Gasteiger partial charge in [-0.15, -0.1) is 0 Å². The summed E-state index contributed by atoms with van der Waals surface area (Å²) in [4.78, 5) is 26.9. The van der Waals surface area contributed by atoms with Crippen LogP contribution in [-0.4, -0.2) is 67.6 Å². The molecular formula is C16H23N3O3. The van der Waals surface area contributed by atoms with Crippen LogP contribution in [0.5, 0.6) is 0 Å². The van der Waals surface area contributed by atoms with E-state index in [0.717, 1.165) is 45.0 Å². The number of nitrogens with zero attached hydrogens (tertiary/aromatic N) is 2. The van der Waals surface area contributed by atoms with E-state index >= 15 is 0 Å². The van der Waals surface area contributed by atoms with E-state index in [4.69, 9.17) is 5.11 Å². The summed E-state index contributed by atoms with van der Waals surface area (Å²) < 4.78 is 0. The summed E-state index contributed by atoms with van der Waals surface area (Å²) >= 11 is 0. The molecule has 2 heterocycles. The number of nitrogens with one attached hydrogen (secondary N) is 1. The number of carboxylic acid groups (broad SMARTS) is 1. The zero-order chi connectivity index (χ0) is 14.8. The molecule has 1 atom stereocenters. The van der Waals surface area contributed by atoms with Crippen molar-refractivity contribution < 1.29 is 14.7 Å². The Labute approximate surface area is 130 Å². The number of hydrogen-bond donors (Lipinski definition) is 2. The molecule has 0 aliphatic carbocycles. The SMILES string of the molecule is C.O=Cc1cc(N2CCN3CCNCC3C2)ccc1C(=O)O. The minimum atomic E-state index is -1.06. The first-order valence-corrected chi connectivity index (χ1v) is 7.21. The van der Waals surface area contributed by atoms with Gasteiger partial charge in [0.05, 0.1) is 5.56 Å². The number of piperazine rings is 2. The van der Waals surface area contributed by atoms with Gasteiger partial charge < -0.3 is 15.3 Å². The standard InChI is InChI=1S/C15H19N3O3.CH4/c19-10-11-7-12(1-2-14(11)15(20)21)18-6-5-17-4-3-16-8-13(17)9-18;/h1-2,7,10,13,16H,3-6,8-9H2,(H,20,21);1H4. The molecule has 1 aromatic carbocycles. The molecular weight excluding hydrogens is 282 g/mol. The summed E-state index contributed by atoms with van der Waals surface area (Å²) in [6.45, 7) is 5.90. The largest absolute Gasteiger partial charge is 0.478 e. The predicted molar refractivity (Wildman–Crippen MR) is 86.0 cm³/mol. The van der Waals surface area contributed by atoms with E-state index in [-0.39, 0.29) is 18.6 Å². The Hall–Kier alpha value is -1.92. The van der Waals surface area contributed by atoms with E-state index in [1.165, 1.54) is 6.07 Å². The van der Waals surface area contributed by atoms with Gasteiger partial charge in [-0.05, 0) is 18.2 Å². The number of fused-ring (bicyclic) bond motifs is 1. The van der Waals surface area contributed by atoms with Crippen molar-refractivity contribution in [1.82, 2.24) is 10.2 Å². The Bertz CT molecular complexity index is 562. The van der Waals surface area contributed by atoms with Crippen molar-refractivity contribution in [3.8, 4) is 0 Å². The molecule has 0 spiro atoms. The molecule has 0 aromatic heterocycles. The Kier molecular flexibility index (Phi) is 5.15. The van der Waals surface area contributed by atoms with E-state index < -0.39 is 5.97 Å². The van der Waals surface area contributed by atoms with Gasteiger partial charge in [0.1, 0.15) is 0 Å². The minimum absolute atomic E-state index is 0. The third-order valence-corrected chi connectivity index (χ3v) is 4.32. The average molecular weight is 305 g/mol. The Morgan fingerprint density at radius 2 is 2.14 bits per heavy atom. The van der Waals surface area contributed by atoms with Crippen LogP contribution in [0.3, 0.4) is 0 Å². The van der Waals surface area contributed by atoms with E-state index in [1.807, 2.05) is 0 Å². The molecule has 2 aliphatic heterocycles. The van der Waals surface area contributed by atoms with E-state index in [2.05, 4.69) is 15.1 Å². The van der Waals surface area contributed by atoms with Crippen LogP contribution in [0.25, 0.3) is 0 Å². The number of aldehydes is 1. The van der Waals surface area contributed by atoms with Crippen LogP contribution in [0.15, 0.2) is 18.2 Å². The van der Waals surface area contributed by atoms with Crippen molar-refractivity contribution in [2.24, 2.45) is 0 Å². The van der Waals surface area contributed by atoms with Crippen LogP contribution >= 0.6 is 0 Å². The van der Waals surface area contributed by atoms with Gasteiger partial charge in [0.25, 0.3) is 0 Å². The van der Waals surface area contributed by atoms with Gasteiger partial charge in [0.15, 0.2) is 6.29 Å². The first-order chi connectivity index (χ1) is 10.2. The van der Waals surface area contributed by atoms with Crippen molar-refractivity contribution in [2.45, 2.75) is 13.5 Å². The van der Waals surface area contributed by atoms with Gasteiger partial charge >= 0.3 is 5.97 Å². The maximum absolute atomic E-state index is 11.1. The third kappa shape index (κ3) is 3.13. The second-order valence-electron chi connectivity index (χ2n) is 5.53. The predicted octanol–water partition coefficient (Wildman–Crippen LogP) is 0.927. The number of aromatic carboxylic acids is 1. The highest BCUT2D eigenvalue weighted by Gasteiger charge is 2.29. The molecule has 2 saturated heterocycles. The highest BCUT2D eigenvalue weighted by Crippen LogP contribution is 2.22. The van der Waals surface area contributed by atoms with Gasteiger partial charge in [-0.1, -0.05) is 7.43 Å². The maximum atomic E-state index is 11.1. The first-order valence-electron chi connectivity index (χ1n) is 7.21. The van der Waals surface area contributed by atoms with Gasteiger partial charge in [0.2, 0.25) is 0 Å². The molecule has 6 nitrogen and oxygen atoms in total. The van der Waals surface area contributed by atoms with E-state index in [0.29, 0.717) is 12.3 Å². The number of carbonyl (C=O) groups excluding carboxylic acids is 1.